The van der Waals surface area contributed by atoms with Crippen LogP contribution in [0.4, 0.5) is 0 Å². The van der Waals surface area contributed by atoms with Gasteiger partial charge in [0.1, 0.15) is 0 Å². The second-order valence-electron chi connectivity index (χ2n) is 2.33. The molecule has 0 aromatic carbocycles. The van der Waals surface area contributed by atoms with Crippen molar-refractivity contribution in [2.24, 2.45) is 0 Å². The van der Waals surface area contributed by atoms with E-state index >= 15 is 0 Å². The van der Waals surface area contributed by atoms with Crippen molar-refractivity contribution in [2.45, 2.75) is 13.3 Å². The number of aromatic amines is 1. The first-order valence-corrected chi connectivity index (χ1v) is 3.67. The highest BCUT2D eigenvalue weighted by Gasteiger charge is 1.98. The molecule has 1 heterocycles. The molecule has 12 heavy (non-hydrogen) atoms. The summed E-state index contributed by atoms with van der Waals surface area (Å²) >= 11 is 0. The quantitative estimate of drug-likeness (QED) is 0.660. The number of H-pyrrole nitrogens is 1. The molecule has 0 aliphatic carbocycles. The minimum atomic E-state index is -0.946. The zero-order chi connectivity index (χ0) is 8.97. The number of aryl methyl sites for hydroxylation is 1. The van der Waals surface area contributed by atoms with Crippen LogP contribution in [0.3, 0.4) is 0 Å². The molecule has 4 nitrogen and oxygen atoms in total. The van der Waals surface area contributed by atoms with Crippen LogP contribution >= 0.6 is 0 Å². The number of rotatable bonds is 3. The maximum atomic E-state index is 10.2. The maximum Gasteiger partial charge on any atom is 0.328 e. The first kappa shape index (κ1) is 8.52. The van der Waals surface area contributed by atoms with E-state index in [4.69, 9.17) is 5.11 Å². The largest absolute Gasteiger partial charge is 0.478 e. The van der Waals surface area contributed by atoms with E-state index in [1.165, 1.54) is 6.08 Å². The molecule has 2 N–H and O–H groups in total. The van der Waals surface area contributed by atoms with Crippen LogP contribution in [0.5, 0.6) is 0 Å². The fourth-order valence-electron chi connectivity index (χ4n) is 0.910. The van der Waals surface area contributed by atoms with E-state index in [9.17, 15) is 4.79 Å². The number of aromatic nitrogens is 2. The number of carboxylic acids is 1. The number of nitrogens with one attached hydrogen (secondary N) is 1. The summed E-state index contributed by atoms with van der Waals surface area (Å²) in [6.07, 6.45) is 5.06. The highest BCUT2D eigenvalue weighted by Crippen LogP contribution is 2.06. The average Bonchev–Trinajstić information content (AvgIpc) is 2.47. The Bertz CT molecular complexity index is 302. The maximum absolute atomic E-state index is 10.2. The molecular formula is C8H10N2O2. The van der Waals surface area contributed by atoms with Crippen LogP contribution in [-0.2, 0) is 11.2 Å². The lowest BCUT2D eigenvalue weighted by atomic mass is 10.2. The number of carboxylic acid groups (broad SMARTS) is 1. The van der Waals surface area contributed by atoms with E-state index in [2.05, 4.69) is 10.2 Å². The van der Waals surface area contributed by atoms with Crippen molar-refractivity contribution in [1.29, 1.82) is 0 Å². The smallest absolute Gasteiger partial charge is 0.328 e. The van der Waals surface area contributed by atoms with Crippen molar-refractivity contribution in [3.63, 3.8) is 0 Å². The topological polar surface area (TPSA) is 66.0 Å². The lowest BCUT2D eigenvalue weighted by Gasteiger charge is -1.90. The summed E-state index contributed by atoms with van der Waals surface area (Å²) in [5.74, 6) is -0.946. The highest BCUT2D eigenvalue weighted by atomic mass is 16.4. The Kier molecular flexibility index (Phi) is 2.63. The van der Waals surface area contributed by atoms with E-state index in [0.717, 1.165) is 23.8 Å². The van der Waals surface area contributed by atoms with Crippen molar-refractivity contribution < 1.29 is 9.90 Å². The molecule has 64 valence electrons. The molecule has 0 unspecified atom stereocenters. The molecule has 1 aromatic heterocycles. The Labute approximate surface area is 69.9 Å². The van der Waals surface area contributed by atoms with E-state index in [1.807, 2.05) is 6.92 Å². The summed E-state index contributed by atoms with van der Waals surface area (Å²) in [6, 6.07) is 0. The third-order valence-electron chi connectivity index (χ3n) is 1.51. The monoisotopic (exact) mass is 166 g/mol. The van der Waals surface area contributed by atoms with Gasteiger partial charge < -0.3 is 5.11 Å². The molecule has 1 rings (SSSR count). The number of nitrogens with zero attached hydrogens (tertiary/aromatic N) is 1. The molecule has 0 spiro atoms. The SMILES string of the molecule is CCc1[nH]ncc1/C=C/C(=O)O. The third-order valence-corrected chi connectivity index (χ3v) is 1.51. The fraction of sp³-hybridized carbons (Fsp3) is 0.250. The second kappa shape index (κ2) is 3.71. The first-order chi connectivity index (χ1) is 5.74. The van der Waals surface area contributed by atoms with Gasteiger partial charge in [-0.25, -0.2) is 4.79 Å². The van der Waals surface area contributed by atoms with Crippen LogP contribution in [0.1, 0.15) is 18.2 Å². The minimum absolute atomic E-state index is 0.819. The molecule has 0 saturated heterocycles. The molecule has 0 aliphatic heterocycles. The van der Waals surface area contributed by atoms with Crippen LogP contribution in [0.25, 0.3) is 6.08 Å². The van der Waals surface area contributed by atoms with Crippen LogP contribution in [0, 0.1) is 0 Å². The van der Waals surface area contributed by atoms with E-state index in [0.29, 0.717) is 0 Å². The zero-order valence-electron chi connectivity index (χ0n) is 6.74. The summed E-state index contributed by atoms with van der Waals surface area (Å²) in [7, 11) is 0. The van der Waals surface area contributed by atoms with Gasteiger partial charge in [0.2, 0.25) is 0 Å². The van der Waals surface area contributed by atoms with Crippen molar-refractivity contribution in [1.82, 2.24) is 10.2 Å². The summed E-state index contributed by atoms with van der Waals surface area (Å²) in [6.45, 7) is 1.98. The Morgan fingerprint density at radius 1 is 1.83 bits per heavy atom. The van der Waals surface area contributed by atoms with Crippen LogP contribution in [-0.4, -0.2) is 21.3 Å². The van der Waals surface area contributed by atoms with Gasteiger partial charge in [-0.2, -0.15) is 5.10 Å². The number of carbonyl (C=O) groups is 1. The van der Waals surface area contributed by atoms with Gasteiger partial charge in [-0.3, -0.25) is 5.10 Å². The summed E-state index contributed by atoms with van der Waals surface area (Å²) in [5.41, 5.74) is 1.78. The Morgan fingerprint density at radius 2 is 2.58 bits per heavy atom. The van der Waals surface area contributed by atoms with Crippen LogP contribution in [0.15, 0.2) is 12.3 Å². The third kappa shape index (κ3) is 1.95. The lowest BCUT2D eigenvalue weighted by Crippen LogP contribution is -1.87. The zero-order valence-corrected chi connectivity index (χ0v) is 6.74. The molecule has 1 aromatic rings. The molecule has 0 amide bonds. The average molecular weight is 166 g/mol. The lowest BCUT2D eigenvalue weighted by molar-refractivity contribution is -0.131. The van der Waals surface area contributed by atoms with Crippen LogP contribution in [0.2, 0.25) is 0 Å². The van der Waals surface area contributed by atoms with E-state index < -0.39 is 5.97 Å². The van der Waals surface area contributed by atoms with Gasteiger partial charge in [0.15, 0.2) is 0 Å². The molecular weight excluding hydrogens is 156 g/mol. The summed E-state index contributed by atoms with van der Waals surface area (Å²) < 4.78 is 0. The summed E-state index contributed by atoms with van der Waals surface area (Å²) in [5, 5.41) is 14.9. The summed E-state index contributed by atoms with van der Waals surface area (Å²) in [4.78, 5) is 10.2. The molecule has 0 atom stereocenters. The van der Waals surface area contributed by atoms with Gasteiger partial charge in [-0.05, 0) is 12.5 Å². The fourth-order valence-corrected chi connectivity index (χ4v) is 0.910. The van der Waals surface area contributed by atoms with Gasteiger partial charge in [0.05, 0.1) is 6.20 Å². The van der Waals surface area contributed by atoms with E-state index in [1.54, 1.807) is 6.20 Å². The highest BCUT2D eigenvalue weighted by molar-refractivity contribution is 5.85. The van der Waals surface area contributed by atoms with Crippen molar-refractivity contribution in [3.05, 3.63) is 23.5 Å². The minimum Gasteiger partial charge on any atom is -0.478 e. The Hall–Kier alpha value is -1.58. The predicted octanol–water partition coefficient (Wildman–Crippen LogP) is 1.07. The molecule has 0 bridgehead atoms. The van der Waals surface area contributed by atoms with Crippen LogP contribution < -0.4 is 0 Å². The molecule has 4 heteroatoms. The van der Waals surface area contributed by atoms with Crippen molar-refractivity contribution >= 4 is 12.0 Å². The van der Waals surface area contributed by atoms with Crippen molar-refractivity contribution in [2.75, 3.05) is 0 Å². The second-order valence-corrected chi connectivity index (χ2v) is 2.33. The number of hydrogen-bond acceptors (Lipinski definition) is 2. The first-order valence-electron chi connectivity index (χ1n) is 3.67. The van der Waals surface area contributed by atoms with Gasteiger partial charge >= 0.3 is 5.97 Å². The van der Waals surface area contributed by atoms with E-state index in [-0.39, 0.29) is 0 Å². The normalized spacial score (nSPS) is 10.8. The molecule has 0 aliphatic rings. The van der Waals surface area contributed by atoms with Gasteiger partial charge in [0, 0.05) is 17.3 Å². The molecule has 0 saturated carbocycles. The van der Waals surface area contributed by atoms with Crippen molar-refractivity contribution in [3.8, 4) is 0 Å². The Balaban J connectivity index is 2.81. The Morgan fingerprint density at radius 3 is 3.17 bits per heavy atom. The number of aliphatic carboxylic acids is 1. The van der Waals surface area contributed by atoms with Gasteiger partial charge in [-0.1, -0.05) is 6.92 Å². The standard InChI is InChI=1S/C8H10N2O2/c1-2-7-6(5-9-10-7)3-4-8(11)12/h3-5H,2H2,1H3,(H,9,10)(H,11,12)/b4-3+. The predicted molar refractivity (Wildman–Crippen MR) is 44.6 cm³/mol. The van der Waals surface area contributed by atoms with Gasteiger partial charge in [0.25, 0.3) is 0 Å². The van der Waals surface area contributed by atoms with Gasteiger partial charge in [-0.15, -0.1) is 0 Å². The molecule has 0 fully saturated rings. The number of hydrogen-bond donors (Lipinski definition) is 2. The molecule has 0 radical (unpaired) electrons.